The van der Waals surface area contributed by atoms with Crippen LogP contribution in [0.3, 0.4) is 0 Å². The van der Waals surface area contributed by atoms with Crippen LogP contribution in [0.5, 0.6) is 0 Å². The lowest BCUT2D eigenvalue weighted by Gasteiger charge is -2.13. The lowest BCUT2D eigenvalue weighted by Crippen LogP contribution is -2.14. The van der Waals surface area contributed by atoms with Gasteiger partial charge in [0.2, 0.25) is 0 Å². The second kappa shape index (κ2) is 8.16. The van der Waals surface area contributed by atoms with Gasteiger partial charge in [-0.1, -0.05) is 31.5 Å². The van der Waals surface area contributed by atoms with E-state index in [1.165, 1.54) is 12.1 Å². The first-order valence-electron chi connectivity index (χ1n) is 9.20. The van der Waals surface area contributed by atoms with Gasteiger partial charge >= 0.3 is 0 Å². The quantitative estimate of drug-likeness (QED) is 0.671. The Bertz CT molecular complexity index is 948. The van der Waals surface area contributed by atoms with Gasteiger partial charge in [-0.15, -0.1) is 0 Å². The number of nitrogens with two attached hydrogens (primary N) is 1. The highest BCUT2D eigenvalue weighted by atomic mass is 19.1. The van der Waals surface area contributed by atoms with E-state index in [1.54, 1.807) is 12.3 Å². The van der Waals surface area contributed by atoms with Crippen molar-refractivity contribution in [1.29, 1.82) is 0 Å². The minimum absolute atomic E-state index is 0.334. The fraction of sp³-hybridized carbons (Fsp3) is 0.273. The van der Waals surface area contributed by atoms with Crippen LogP contribution in [0.4, 0.5) is 4.39 Å². The number of aromatic nitrogens is 2. The molecule has 2 N–H and O–H groups in total. The lowest BCUT2D eigenvalue weighted by atomic mass is 9.97. The molecule has 0 aliphatic carbocycles. The van der Waals surface area contributed by atoms with E-state index in [2.05, 4.69) is 16.5 Å². The van der Waals surface area contributed by atoms with Crippen LogP contribution < -0.4 is 5.73 Å². The van der Waals surface area contributed by atoms with Crippen molar-refractivity contribution in [2.24, 2.45) is 5.73 Å². The number of carbonyl (C=O) groups is 1. The summed E-state index contributed by atoms with van der Waals surface area (Å²) in [5.74, 6) is -0.830. The average Bonchev–Trinajstić information content (AvgIpc) is 2.93. The molecule has 1 aromatic carbocycles. The van der Waals surface area contributed by atoms with Gasteiger partial charge in [0.1, 0.15) is 5.82 Å². The van der Waals surface area contributed by atoms with Gasteiger partial charge in [-0.3, -0.25) is 9.78 Å². The summed E-state index contributed by atoms with van der Waals surface area (Å²) in [4.78, 5) is 16.7. The molecular weight excluding hydrogens is 341 g/mol. The normalized spacial score (nSPS) is 10.9. The van der Waals surface area contributed by atoms with E-state index in [0.29, 0.717) is 17.7 Å². The highest BCUT2D eigenvalue weighted by Gasteiger charge is 2.25. The summed E-state index contributed by atoms with van der Waals surface area (Å²) < 4.78 is 16.0. The molecule has 0 unspecified atom stereocenters. The molecular formula is C22H24FN3O. The molecule has 0 saturated heterocycles. The fourth-order valence-electron chi connectivity index (χ4n) is 3.53. The summed E-state index contributed by atoms with van der Waals surface area (Å²) in [7, 11) is 0. The fourth-order valence-corrected chi connectivity index (χ4v) is 3.53. The Morgan fingerprint density at radius 1 is 1.22 bits per heavy atom. The predicted molar refractivity (Wildman–Crippen MR) is 105 cm³/mol. The zero-order valence-corrected chi connectivity index (χ0v) is 15.7. The zero-order valence-electron chi connectivity index (χ0n) is 15.7. The number of pyridine rings is 1. The van der Waals surface area contributed by atoms with E-state index in [9.17, 15) is 9.18 Å². The number of halogens is 1. The number of hydrogen-bond donors (Lipinski definition) is 1. The van der Waals surface area contributed by atoms with Crippen LogP contribution in [-0.4, -0.2) is 15.5 Å². The molecule has 0 fully saturated rings. The monoisotopic (exact) mass is 365 g/mol. The minimum Gasteiger partial charge on any atom is -0.366 e. The first-order valence-corrected chi connectivity index (χ1v) is 9.20. The molecule has 3 rings (SSSR count). The predicted octanol–water partition coefficient (Wildman–Crippen LogP) is 4.49. The van der Waals surface area contributed by atoms with Crippen LogP contribution >= 0.6 is 0 Å². The molecule has 3 aromatic rings. The molecule has 27 heavy (non-hydrogen) atoms. The summed E-state index contributed by atoms with van der Waals surface area (Å²) >= 11 is 0. The Morgan fingerprint density at radius 2 is 2.04 bits per heavy atom. The first-order chi connectivity index (χ1) is 13.0. The molecule has 2 aromatic heterocycles. The molecule has 5 heteroatoms. The van der Waals surface area contributed by atoms with Crippen molar-refractivity contribution in [2.75, 3.05) is 0 Å². The molecule has 4 nitrogen and oxygen atoms in total. The molecule has 0 aliphatic rings. The number of amides is 1. The van der Waals surface area contributed by atoms with Crippen LogP contribution in [0.1, 0.15) is 47.2 Å². The van der Waals surface area contributed by atoms with Crippen molar-refractivity contribution in [3.63, 3.8) is 0 Å². The molecule has 0 bridgehead atoms. The van der Waals surface area contributed by atoms with Gasteiger partial charge in [-0.25, -0.2) is 4.39 Å². The Labute approximate surface area is 158 Å². The number of carbonyl (C=O) groups excluding carboxylic acids is 1. The van der Waals surface area contributed by atoms with E-state index in [1.807, 2.05) is 31.2 Å². The van der Waals surface area contributed by atoms with Gasteiger partial charge in [0.15, 0.2) is 0 Å². The molecule has 0 spiro atoms. The average molecular weight is 365 g/mol. The lowest BCUT2D eigenvalue weighted by molar-refractivity contribution is 0.1000. The Kier molecular flexibility index (Phi) is 5.69. The van der Waals surface area contributed by atoms with Gasteiger partial charge in [0.25, 0.3) is 5.91 Å². The number of benzene rings is 1. The van der Waals surface area contributed by atoms with E-state index in [0.717, 1.165) is 41.9 Å². The maximum absolute atomic E-state index is 13.9. The Hall–Kier alpha value is -2.95. The van der Waals surface area contributed by atoms with E-state index >= 15 is 0 Å². The molecule has 2 heterocycles. The molecule has 140 valence electrons. The molecule has 0 aliphatic heterocycles. The minimum atomic E-state index is -0.496. The van der Waals surface area contributed by atoms with Crippen molar-refractivity contribution >= 4 is 5.91 Å². The van der Waals surface area contributed by atoms with Crippen LogP contribution in [-0.2, 0) is 13.0 Å². The standard InChI is InChI=1S/C22H24FN3O/c1-3-4-11-19-21(16-8-7-9-17(23)13-16)20(22(24)27)15(2)26(19)14-18-10-5-6-12-25-18/h5-10,12-13H,3-4,11,14H2,1-2H3,(H2,24,27). The molecule has 0 radical (unpaired) electrons. The number of primary amides is 1. The van der Waals surface area contributed by atoms with E-state index < -0.39 is 5.91 Å². The van der Waals surface area contributed by atoms with Crippen LogP contribution in [0.25, 0.3) is 11.1 Å². The van der Waals surface area contributed by atoms with Gasteiger partial charge in [-0.05, 0) is 49.6 Å². The largest absolute Gasteiger partial charge is 0.366 e. The van der Waals surface area contributed by atoms with Gasteiger partial charge in [-0.2, -0.15) is 0 Å². The third-order valence-electron chi connectivity index (χ3n) is 4.80. The Morgan fingerprint density at radius 3 is 2.67 bits per heavy atom. The number of rotatable bonds is 7. The molecule has 0 saturated carbocycles. The maximum atomic E-state index is 13.9. The van der Waals surface area contributed by atoms with Crippen molar-refractivity contribution in [3.8, 4) is 11.1 Å². The number of unbranched alkanes of at least 4 members (excludes halogenated alkanes) is 1. The van der Waals surface area contributed by atoms with Crippen molar-refractivity contribution in [2.45, 2.75) is 39.7 Å². The van der Waals surface area contributed by atoms with Crippen molar-refractivity contribution in [1.82, 2.24) is 9.55 Å². The van der Waals surface area contributed by atoms with Gasteiger partial charge < -0.3 is 10.3 Å². The topological polar surface area (TPSA) is 60.9 Å². The first kappa shape index (κ1) is 18.8. The second-order valence-electron chi connectivity index (χ2n) is 6.67. The zero-order chi connectivity index (χ0) is 19.4. The number of hydrogen-bond acceptors (Lipinski definition) is 2. The van der Waals surface area contributed by atoms with Gasteiger partial charge in [0.05, 0.1) is 17.8 Å². The van der Waals surface area contributed by atoms with E-state index in [4.69, 9.17) is 5.73 Å². The van der Waals surface area contributed by atoms with Crippen LogP contribution in [0, 0.1) is 12.7 Å². The highest BCUT2D eigenvalue weighted by Crippen LogP contribution is 2.34. The van der Waals surface area contributed by atoms with Crippen molar-refractivity contribution < 1.29 is 9.18 Å². The third kappa shape index (κ3) is 3.92. The summed E-state index contributed by atoms with van der Waals surface area (Å²) in [5, 5.41) is 0. The highest BCUT2D eigenvalue weighted by molar-refractivity contribution is 6.02. The second-order valence-corrected chi connectivity index (χ2v) is 6.67. The summed E-state index contributed by atoms with van der Waals surface area (Å²) in [6.07, 6.45) is 4.51. The van der Waals surface area contributed by atoms with Crippen molar-refractivity contribution in [3.05, 3.63) is 77.1 Å². The summed E-state index contributed by atoms with van der Waals surface area (Å²) in [6, 6.07) is 12.1. The smallest absolute Gasteiger partial charge is 0.251 e. The molecule has 0 atom stereocenters. The van der Waals surface area contributed by atoms with Crippen LogP contribution in [0.2, 0.25) is 0 Å². The van der Waals surface area contributed by atoms with Crippen LogP contribution in [0.15, 0.2) is 48.7 Å². The number of nitrogens with zero attached hydrogens (tertiary/aromatic N) is 2. The molecule has 1 amide bonds. The van der Waals surface area contributed by atoms with E-state index in [-0.39, 0.29) is 5.82 Å². The SMILES string of the molecule is CCCCc1c(-c2cccc(F)c2)c(C(N)=O)c(C)n1Cc1ccccn1. The summed E-state index contributed by atoms with van der Waals surface area (Å²) in [5.41, 5.74) is 10.3. The Balaban J connectivity index is 2.23. The third-order valence-corrected chi connectivity index (χ3v) is 4.80. The maximum Gasteiger partial charge on any atom is 0.251 e. The van der Waals surface area contributed by atoms with Gasteiger partial charge in [0, 0.05) is 23.1 Å². The summed E-state index contributed by atoms with van der Waals surface area (Å²) in [6.45, 7) is 4.55.